The molecule has 0 aliphatic carbocycles. The molecule has 0 aliphatic rings. The van der Waals surface area contributed by atoms with Gasteiger partial charge >= 0.3 is 5.97 Å². The molecule has 1 amide bonds. The van der Waals surface area contributed by atoms with E-state index in [2.05, 4.69) is 15.4 Å². The predicted molar refractivity (Wildman–Crippen MR) is 121 cm³/mol. The highest BCUT2D eigenvalue weighted by atomic mass is 35.5. The Bertz CT molecular complexity index is 1170. The third kappa shape index (κ3) is 5.35. The van der Waals surface area contributed by atoms with Crippen LogP contribution in [-0.4, -0.2) is 54.6 Å². The Labute approximate surface area is 195 Å². The number of nitrogens with zero attached hydrogens (tertiary/aromatic N) is 3. The molecule has 1 N–H and O–H groups in total. The van der Waals surface area contributed by atoms with Gasteiger partial charge in [0.2, 0.25) is 5.75 Å². The van der Waals surface area contributed by atoms with Crippen molar-refractivity contribution in [1.82, 2.24) is 14.8 Å². The summed E-state index contributed by atoms with van der Waals surface area (Å²) >= 11 is 6.13. The summed E-state index contributed by atoms with van der Waals surface area (Å²) in [7, 11) is 4.39. The van der Waals surface area contributed by atoms with E-state index in [1.54, 1.807) is 22.9 Å². The normalized spacial score (nSPS) is 10.5. The summed E-state index contributed by atoms with van der Waals surface area (Å²) in [5.74, 6) is 0.0838. The molecule has 0 saturated heterocycles. The van der Waals surface area contributed by atoms with Gasteiger partial charge in [0.15, 0.2) is 29.6 Å². The lowest BCUT2D eigenvalue weighted by Gasteiger charge is -2.14. The highest BCUT2D eigenvalue weighted by Gasteiger charge is 2.19. The third-order valence-electron chi connectivity index (χ3n) is 4.53. The van der Waals surface area contributed by atoms with Crippen LogP contribution in [-0.2, 0) is 9.53 Å². The number of ether oxygens (including phenoxy) is 4. The summed E-state index contributed by atoms with van der Waals surface area (Å²) in [5.41, 5.74) is 1.89. The van der Waals surface area contributed by atoms with E-state index in [-0.39, 0.29) is 10.7 Å². The Kier molecular flexibility index (Phi) is 7.39. The topological polar surface area (TPSA) is 114 Å². The van der Waals surface area contributed by atoms with Crippen molar-refractivity contribution < 1.29 is 28.5 Å². The molecule has 0 spiro atoms. The maximum absolute atomic E-state index is 12.5. The lowest BCUT2D eigenvalue weighted by Crippen LogP contribution is -2.22. The van der Waals surface area contributed by atoms with Gasteiger partial charge < -0.3 is 24.3 Å². The minimum Gasteiger partial charge on any atom is -0.493 e. The number of hydrogen-bond donors (Lipinski definition) is 1. The number of methoxy groups -OCH3 is 3. The molecule has 0 aliphatic heterocycles. The lowest BCUT2D eigenvalue weighted by atomic mass is 10.2. The second kappa shape index (κ2) is 10.2. The van der Waals surface area contributed by atoms with Gasteiger partial charge in [-0.3, -0.25) is 4.79 Å². The van der Waals surface area contributed by atoms with E-state index in [0.717, 1.165) is 11.4 Å². The summed E-state index contributed by atoms with van der Waals surface area (Å²) in [6.45, 7) is 3.15. The Morgan fingerprint density at radius 3 is 2.24 bits per heavy atom. The fourth-order valence-corrected chi connectivity index (χ4v) is 3.29. The van der Waals surface area contributed by atoms with Gasteiger partial charge in [-0.25, -0.2) is 14.5 Å². The monoisotopic (exact) mass is 474 g/mol. The molecular formula is C22H23ClN4O6. The van der Waals surface area contributed by atoms with Crippen molar-refractivity contribution in [1.29, 1.82) is 0 Å². The molecule has 11 heteroatoms. The van der Waals surface area contributed by atoms with Gasteiger partial charge in [0.25, 0.3) is 5.91 Å². The Morgan fingerprint density at radius 1 is 1.03 bits per heavy atom. The van der Waals surface area contributed by atoms with E-state index < -0.39 is 18.5 Å². The minimum atomic E-state index is -0.844. The molecule has 3 aromatic rings. The fraction of sp³-hybridized carbons (Fsp3) is 0.273. The number of halogens is 1. The molecule has 10 nitrogen and oxygen atoms in total. The standard InChI is InChI=1S/C22H23ClN4O6/c1-12-8-13(2)27(26-12)18-7-6-15(23)20(25-18)22(29)33-11-19(28)24-14-9-16(30-3)21(32-5)17(10-14)31-4/h6-10H,11H2,1-5H3,(H,24,28). The number of nitrogens with one attached hydrogen (secondary N) is 1. The van der Waals surface area contributed by atoms with Crippen LogP contribution in [0.5, 0.6) is 17.2 Å². The molecule has 2 heterocycles. The average molecular weight is 475 g/mol. The predicted octanol–water partition coefficient (Wildman–Crippen LogP) is 3.36. The average Bonchev–Trinajstić information content (AvgIpc) is 3.14. The molecule has 3 rings (SSSR count). The Morgan fingerprint density at radius 2 is 1.70 bits per heavy atom. The minimum absolute atomic E-state index is 0.0929. The van der Waals surface area contributed by atoms with Crippen molar-refractivity contribution in [2.24, 2.45) is 0 Å². The second-order valence-corrected chi connectivity index (χ2v) is 7.28. The quantitative estimate of drug-likeness (QED) is 0.494. The zero-order valence-corrected chi connectivity index (χ0v) is 19.5. The number of hydrogen-bond acceptors (Lipinski definition) is 8. The van der Waals surface area contributed by atoms with Crippen molar-refractivity contribution in [2.45, 2.75) is 13.8 Å². The third-order valence-corrected chi connectivity index (χ3v) is 4.84. The van der Waals surface area contributed by atoms with Crippen LogP contribution in [0.2, 0.25) is 5.02 Å². The van der Waals surface area contributed by atoms with Gasteiger partial charge in [0.05, 0.1) is 32.0 Å². The van der Waals surface area contributed by atoms with Crippen molar-refractivity contribution in [3.63, 3.8) is 0 Å². The second-order valence-electron chi connectivity index (χ2n) is 6.88. The molecule has 33 heavy (non-hydrogen) atoms. The summed E-state index contributed by atoms with van der Waals surface area (Å²) in [5, 5.41) is 7.04. The summed E-state index contributed by atoms with van der Waals surface area (Å²) in [4.78, 5) is 29.2. The number of benzene rings is 1. The first kappa shape index (κ1) is 23.9. The van der Waals surface area contributed by atoms with Gasteiger partial charge in [-0.1, -0.05) is 11.6 Å². The number of amides is 1. The van der Waals surface area contributed by atoms with E-state index in [0.29, 0.717) is 28.8 Å². The first-order valence-corrected chi connectivity index (χ1v) is 10.1. The molecule has 0 fully saturated rings. The number of esters is 1. The maximum Gasteiger partial charge on any atom is 0.359 e. The number of carbonyl (C=O) groups excluding carboxylic acids is 2. The zero-order valence-electron chi connectivity index (χ0n) is 18.8. The van der Waals surface area contributed by atoms with Crippen molar-refractivity contribution in [3.05, 3.63) is 52.4 Å². The molecule has 0 bridgehead atoms. The Balaban J connectivity index is 1.71. The van der Waals surface area contributed by atoms with Crippen LogP contribution in [0.25, 0.3) is 5.82 Å². The van der Waals surface area contributed by atoms with Crippen LogP contribution in [0.1, 0.15) is 21.9 Å². The van der Waals surface area contributed by atoms with E-state index in [1.807, 2.05) is 19.9 Å². The molecule has 174 valence electrons. The lowest BCUT2D eigenvalue weighted by molar-refractivity contribution is -0.119. The van der Waals surface area contributed by atoms with Crippen LogP contribution >= 0.6 is 11.6 Å². The van der Waals surface area contributed by atoms with Crippen molar-refractivity contribution >= 4 is 29.2 Å². The van der Waals surface area contributed by atoms with Gasteiger partial charge in [0, 0.05) is 23.5 Å². The molecule has 0 unspecified atom stereocenters. The van der Waals surface area contributed by atoms with Crippen molar-refractivity contribution in [3.8, 4) is 23.1 Å². The van der Waals surface area contributed by atoms with Gasteiger partial charge in [-0.05, 0) is 32.0 Å². The van der Waals surface area contributed by atoms with Crippen molar-refractivity contribution in [2.75, 3.05) is 33.3 Å². The van der Waals surface area contributed by atoms with E-state index in [4.69, 9.17) is 30.5 Å². The van der Waals surface area contributed by atoms with E-state index >= 15 is 0 Å². The summed E-state index contributed by atoms with van der Waals surface area (Å²) in [6.07, 6.45) is 0. The first-order chi connectivity index (χ1) is 15.8. The van der Waals surface area contributed by atoms with E-state index in [1.165, 1.54) is 27.4 Å². The zero-order chi connectivity index (χ0) is 24.1. The maximum atomic E-state index is 12.5. The smallest absolute Gasteiger partial charge is 0.359 e. The number of anilines is 1. The van der Waals surface area contributed by atoms with Gasteiger partial charge in [0.1, 0.15) is 0 Å². The van der Waals surface area contributed by atoms with Crippen LogP contribution in [0.15, 0.2) is 30.3 Å². The highest BCUT2D eigenvalue weighted by molar-refractivity contribution is 6.33. The molecule has 0 atom stereocenters. The van der Waals surface area contributed by atoms with Gasteiger partial charge in [-0.2, -0.15) is 5.10 Å². The van der Waals surface area contributed by atoms with Crippen LogP contribution in [0.4, 0.5) is 5.69 Å². The van der Waals surface area contributed by atoms with E-state index in [9.17, 15) is 9.59 Å². The number of aryl methyl sites for hydroxylation is 2. The first-order valence-electron chi connectivity index (χ1n) is 9.74. The molecule has 0 saturated carbocycles. The van der Waals surface area contributed by atoms with Crippen LogP contribution in [0.3, 0.4) is 0 Å². The Hall–Kier alpha value is -3.79. The number of pyridine rings is 1. The highest BCUT2D eigenvalue weighted by Crippen LogP contribution is 2.39. The largest absolute Gasteiger partial charge is 0.493 e. The van der Waals surface area contributed by atoms with Crippen LogP contribution in [0, 0.1) is 13.8 Å². The molecule has 0 radical (unpaired) electrons. The fourth-order valence-electron chi connectivity index (χ4n) is 3.10. The summed E-state index contributed by atoms with van der Waals surface area (Å²) in [6, 6.07) is 8.14. The molecular weight excluding hydrogens is 452 g/mol. The van der Waals surface area contributed by atoms with Gasteiger partial charge in [-0.15, -0.1) is 0 Å². The SMILES string of the molecule is COc1cc(NC(=O)COC(=O)c2nc(-n3nc(C)cc3C)ccc2Cl)cc(OC)c1OC. The summed E-state index contributed by atoms with van der Waals surface area (Å²) < 4.78 is 22.5. The molecule has 1 aromatic carbocycles. The molecule has 2 aromatic heterocycles. The number of rotatable bonds is 8. The number of carbonyl (C=O) groups is 2. The van der Waals surface area contributed by atoms with Crippen LogP contribution < -0.4 is 19.5 Å². The number of aromatic nitrogens is 3.